The van der Waals surface area contributed by atoms with E-state index in [2.05, 4.69) is 16.8 Å². The van der Waals surface area contributed by atoms with Crippen LogP contribution >= 0.6 is 34.4 Å². The van der Waals surface area contributed by atoms with Crippen molar-refractivity contribution in [3.05, 3.63) is 97.1 Å². The van der Waals surface area contributed by atoms with Gasteiger partial charge in [-0.05, 0) is 66.8 Å². The van der Waals surface area contributed by atoms with Gasteiger partial charge in [0.1, 0.15) is 6.54 Å². The van der Waals surface area contributed by atoms with Crippen molar-refractivity contribution in [1.29, 1.82) is 0 Å². The molecule has 0 radical (unpaired) electrons. The monoisotopic (exact) mass is 613 g/mol. The van der Waals surface area contributed by atoms with Crippen LogP contribution in [0.1, 0.15) is 27.7 Å². The highest BCUT2D eigenvalue weighted by Gasteiger charge is 2.70. The molecule has 2 aliphatic heterocycles. The minimum Gasteiger partial charge on any atom is -0.325 e. The van der Waals surface area contributed by atoms with Gasteiger partial charge in [-0.1, -0.05) is 53.3 Å². The lowest BCUT2D eigenvalue weighted by molar-refractivity contribution is -0.123. The Morgan fingerprint density at radius 1 is 0.929 bits per heavy atom. The number of carbonyl (C=O) groups is 3. The van der Waals surface area contributed by atoms with E-state index < -0.39 is 0 Å². The van der Waals surface area contributed by atoms with Gasteiger partial charge in [-0.15, -0.1) is 23.1 Å². The highest BCUT2D eigenvalue weighted by Crippen LogP contribution is 2.69. The van der Waals surface area contributed by atoms with E-state index in [9.17, 15) is 19.2 Å². The normalized spacial score (nSPS) is 29.0. The number of hydrogen-bond acceptors (Lipinski definition) is 7. The summed E-state index contributed by atoms with van der Waals surface area (Å²) in [6.07, 6.45) is 0.840. The topological polar surface area (TPSA) is 88.5 Å². The molecule has 7 unspecified atom stereocenters. The Morgan fingerprint density at radius 3 is 2.38 bits per heavy atom. The van der Waals surface area contributed by atoms with Crippen LogP contribution in [0.15, 0.2) is 81.9 Å². The maximum Gasteiger partial charge on any atom is 0.308 e. The first kappa shape index (κ1) is 26.2. The lowest BCUT2D eigenvalue weighted by Crippen LogP contribution is -2.43. The first-order valence-electron chi connectivity index (χ1n) is 14.1. The number of thiazole rings is 1. The third-order valence-corrected chi connectivity index (χ3v) is 13.2. The van der Waals surface area contributed by atoms with E-state index in [1.165, 1.54) is 21.1 Å². The number of benzene rings is 2. The number of aromatic nitrogens is 1. The number of rotatable bonds is 5. The molecule has 42 heavy (non-hydrogen) atoms. The number of amides is 3. The van der Waals surface area contributed by atoms with Crippen molar-refractivity contribution in [2.45, 2.75) is 36.1 Å². The predicted octanol–water partition coefficient (Wildman–Crippen LogP) is 5.60. The standard InChI is InChI=1S/C32H27N3O4S3/c1-16-9-11-18(12-10-16)35-29(37)24-19-14-20(25(24)30(35)38)27-23(19)26(21-8-5-13-40-21)28-31(41-27)34(32(39)42-28)15-22(36)33-17-6-3-2-4-7-17/h2-13,19-20,23-27H,14-15H2,1H3,(H,33,36). The van der Waals surface area contributed by atoms with Gasteiger partial charge in [0, 0.05) is 26.6 Å². The lowest BCUT2D eigenvalue weighted by atomic mass is 9.69. The van der Waals surface area contributed by atoms with Crippen molar-refractivity contribution >= 4 is 63.5 Å². The number of para-hydroxylation sites is 1. The first-order valence-corrected chi connectivity index (χ1v) is 16.7. The molecule has 1 saturated heterocycles. The van der Waals surface area contributed by atoms with E-state index in [0.29, 0.717) is 11.4 Å². The maximum atomic E-state index is 13.9. The van der Waals surface area contributed by atoms with Gasteiger partial charge < -0.3 is 5.32 Å². The number of nitrogens with zero attached hydrogens (tertiary/aromatic N) is 2. The third kappa shape index (κ3) is 3.84. The highest BCUT2D eigenvalue weighted by molar-refractivity contribution is 8.00. The van der Waals surface area contributed by atoms with Crippen LogP contribution in [-0.2, 0) is 20.9 Å². The number of fused-ring (bicyclic) bond motifs is 9. The van der Waals surface area contributed by atoms with Crippen molar-refractivity contribution < 1.29 is 14.4 Å². The Kier molecular flexibility index (Phi) is 6.10. The molecule has 10 heteroatoms. The first-order chi connectivity index (χ1) is 20.4. The van der Waals surface area contributed by atoms with Crippen LogP contribution in [0.5, 0.6) is 0 Å². The molecule has 0 spiro atoms. The summed E-state index contributed by atoms with van der Waals surface area (Å²) in [5, 5.41) is 5.88. The van der Waals surface area contributed by atoms with Gasteiger partial charge in [0.05, 0.1) is 22.5 Å². The molecule has 2 saturated carbocycles. The summed E-state index contributed by atoms with van der Waals surface area (Å²) in [5.41, 5.74) is 2.41. The van der Waals surface area contributed by atoms with Crippen molar-refractivity contribution in [2.24, 2.45) is 29.6 Å². The number of anilines is 2. The van der Waals surface area contributed by atoms with Gasteiger partial charge >= 0.3 is 4.87 Å². The number of hydrogen-bond donors (Lipinski definition) is 1. The molecule has 2 aliphatic carbocycles. The second kappa shape index (κ2) is 9.79. The van der Waals surface area contributed by atoms with E-state index in [4.69, 9.17) is 0 Å². The number of thioether (sulfide) groups is 1. The fraction of sp³-hybridized carbons (Fsp3) is 0.312. The molecule has 8 rings (SSSR count). The fourth-order valence-corrected chi connectivity index (χ4v) is 12.0. The molecule has 3 amide bonds. The van der Waals surface area contributed by atoms with Gasteiger partial charge in [0.15, 0.2) is 0 Å². The zero-order chi connectivity index (χ0) is 28.7. The minimum absolute atomic E-state index is 0.0327. The minimum atomic E-state index is -0.344. The molecule has 4 aromatic rings. The SMILES string of the molecule is Cc1ccc(N2C(=O)C3C4CC(C3C2=O)C2C(c3cccs3)c3sc(=O)n(CC(=O)Nc5ccccc5)c3SC42)cc1. The molecule has 1 N–H and O–H groups in total. The molecule has 2 bridgehead atoms. The summed E-state index contributed by atoms with van der Waals surface area (Å²) in [7, 11) is 0. The Balaban J connectivity index is 1.16. The summed E-state index contributed by atoms with van der Waals surface area (Å²) < 4.78 is 1.61. The molecule has 4 heterocycles. The molecule has 4 aliphatic rings. The summed E-state index contributed by atoms with van der Waals surface area (Å²) in [5.74, 6) is -0.879. The molecular formula is C32H27N3O4S3. The largest absolute Gasteiger partial charge is 0.325 e. The van der Waals surface area contributed by atoms with Crippen molar-refractivity contribution in [3.8, 4) is 0 Å². The summed E-state index contributed by atoms with van der Waals surface area (Å²) in [4.78, 5) is 57.7. The molecule has 7 atom stereocenters. The Morgan fingerprint density at radius 2 is 1.67 bits per heavy atom. The second-order valence-corrected chi connectivity index (χ2v) is 14.8. The molecule has 212 valence electrons. The summed E-state index contributed by atoms with van der Waals surface area (Å²) >= 11 is 4.55. The molecule has 2 aromatic heterocycles. The zero-order valence-corrected chi connectivity index (χ0v) is 25.1. The molecule has 7 nitrogen and oxygen atoms in total. The zero-order valence-electron chi connectivity index (χ0n) is 22.6. The number of carbonyl (C=O) groups excluding carboxylic acids is 3. The Bertz CT molecular complexity index is 1780. The van der Waals surface area contributed by atoms with E-state index in [1.54, 1.807) is 27.7 Å². The van der Waals surface area contributed by atoms with Crippen molar-refractivity contribution in [2.75, 3.05) is 10.2 Å². The average Bonchev–Trinajstić information content (AvgIpc) is 3.80. The Labute approximate surface area is 254 Å². The van der Waals surface area contributed by atoms with Crippen molar-refractivity contribution in [1.82, 2.24) is 4.57 Å². The number of aryl methyl sites for hydroxylation is 1. The number of imide groups is 1. The van der Waals surface area contributed by atoms with E-state index >= 15 is 0 Å². The summed E-state index contributed by atoms with van der Waals surface area (Å²) in [6, 6.07) is 21.0. The average molecular weight is 614 g/mol. The summed E-state index contributed by atoms with van der Waals surface area (Å²) in [6.45, 7) is 1.92. The van der Waals surface area contributed by atoms with Crippen LogP contribution in [0.3, 0.4) is 0 Å². The van der Waals surface area contributed by atoms with Crippen LogP contribution in [0, 0.1) is 36.5 Å². The van der Waals surface area contributed by atoms with Crippen molar-refractivity contribution in [3.63, 3.8) is 0 Å². The van der Waals surface area contributed by atoms with Gasteiger partial charge in [-0.3, -0.25) is 28.6 Å². The quantitative estimate of drug-likeness (QED) is 0.296. The van der Waals surface area contributed by atoms with Gasteiger partial charge in [-0.2, -0.15) is 0 Å². The molecule has 3 fully saturated rings. The van der Waals surface area contributed by atoms with Crippen LogP contribution in [-0.4, -0.2) is 27.5 Å². The number of thiophene rings is 1. The van der Waals surface area contributed by atoms with Crippen LogP contribution in [0.2, 0.25) is 0 Å². The van der Waals surface area contributed by atoms with Gasteiger partial charge in [0.2, 0.25) is 17.7 Å². The molecular weight excluding hydrogens is 587 g/mol. The van der Waals surface area contributed by atoms with E-state index in [-0.39, 0.29) is 69.9 Å². The highest BCUT2D eigenvalue weighted by atomic mass is 32.2. The second-order valence-electron chi connectivity index (χ2n) is 11.7. The van der Waals surface area contributed by atoms with Gasteiger partial charge in [-0.25, -0.2) is 0 Å². The van der Waals surface area contributed by atoms with E-state index in [0.717, 1.165) is 21.9 Å². The van der Waals surface area contributed by atoms with Crippen LogP contribution in [0.25, 0.3) is 0 Å². The van der Waals surface area contributed by atoms with Crippen LogP contribution in [0.4, 0.5) is 11.4 Å². The van der Waals surface area contributed by atoms with Crippen LogP contribution < -0.4 is 15.1 Å². The third-order valence-electron chi connectivity index (χ3n) is 9.45. The maximum absolute atomic E-state index is 13.9. The predicted molar refractivity (Wildman–Crippen MR) is 165 cm³/mol. The number of nitrogens with one attached hydrogen (secondary N) is 1. The lowest BCUT2D eigenvalue weighted by Gasteiger charge is -2.42. The van der Waals surface area contributed by atoms with Gasteiger partial charge in [0.25, 0.3) is 0 Å². The smallest absolute Gasteiger partial charge is 0.308 e. The Hall–Kier alpha value is -3.47. The molecule has 2 aromatic carbocycles. The fourth-order valence-electron chi connectivity index (χ4n) is 7.86. The van der Waals surface area contributed by atoms with E-state index in [1.807, 2.05) is 67.6 Å².